The van der Waals surface area contributed by atoms with Gasteiger partial charge in [-0.3, -0.25) is 9.59 Å². The molecule has 7 heteroatoms. The first-order chi connectivity index (χ1) is 16.0. The average molecular weight is 446 g/mol. The topological polar surface area (TPSA) is 89.0 Å². The zero-order valence-electron chi connectivity index (χ0n) is 18.9. The maximum absolute atomic E-state index is 12.1. The van der Waals surface area contributed by atoms with E-state index in [1.54, 1.807) is 31.2 Å². The van der Waals surface area contributed by atoms with Crippen LogP contribution in [0.25, 0.3) is 0 Å². The monoisotopic (exact) mass is 445 g/mol. The number of nitrogens with one attached hydrogen (secondary N) is 2. The summed E-state index contributed by atoms with van der Waals surface area (Å²) < 4.78 is 11.2. The fourth-order valence-corrected chi connectivity index (χ4v) is 2.96. The van der Waals surface area contributed by atoms with Crippen LogP contribution in [-0.2, 0) is 16.2 Å². The van der Waals surface area contributed by atoms with Crippen molar-refractivity contribution in [2.75, 3.05) is 11.9 Å². The normalized spacial score (nSPS) is 10.9. The zero-order chi connectivity index (χ0) is 23.6. The van der Waals surface area contributed by atoms with Gasteiger partial charge in [0.15, 0.2) is 0 Å². The minimum atomic E-state index is -0.860. The molecule has 2 N–H and O–H groups in total. The highest BCUT2D eigenvalue weighted by Crippen LogP contribution is 2.17. The summed E-state index contributed by atoms with van der Waals surface area (Å²) in [6, 6.07) is 22.2. The lowest BCUT2D eigenvalue weighted by atomic mass is 10.1. The second-order valence-corrected chi connectivity index (χ2v) is 7.29. The van der Waals surface area contributed by atoms with Crippen molar-refractivity contribution in [2.45, 2.75) is 27.4 Å². The summed E-state index contributed by atoms with van der Waals surface area (Å²) in [5.74, 6) is -0.252. The molecule has 0 saturated heterocycles. The molecule has 3 aromatic carbocycles. The van der Waals surface area contributed by atoms with Crippen molar-refractivity contribution in [1.82, 2.24) is 5.43 Å². The first kappa shape index (κ1) is 23.5. The summed E-state index contributed by atoms with van der Waals surface area (Å²) in [6.07, 6.45) is 0. The largest absolute Gasteiger partial charge is 0.494 e. The minimum Gasteiger partial charge on any atom is -0.494 e. The van der Waals surface area contributed by atoms with E-state index in [1.807, 2.05) is 62.4 Å². The molecule has 0 aliphatic heterocycles. The van der Waals surface area contributed by atoms with E-state index >= 15 is 0 Å². The van der Waals surface area contributed by atoms with Crippen molar-refractivity contribution >= 4 is 23.2 Å². The van der Waals surface area contributed by atoms with Crippen molar-refractivity contribution in [2.24, 2.45) is 5.10 Å². The minimum absolute atomic E-state index is 0.485. The molecule has 33 heavy (non-hydrogen) atoms. The number of anilines is 1. The molecule has 0 radical (unpaired) electrons. The fraction of sp³-hybridized carbons (Fsp3) is 0.192. The predicted molar refractivity (Wildman–Crippen MR) is 129 cm³/mol. The van der Waals surface area contributed by atoms with Gasteiger partial charge in [-0.1, -0.05) is 24.3 Å². The number of nitrogens with zero attached hydrogens (tertiary/aromatic N) is 1. The van der Waals surface area contributed by atoms with E-state index in [-0.39, 0.29) is 0 Å². The number of carbonyl (C=O) groups excluding carboxylic acids is 2. The van der Waals surface area contributed by atoms with Crippen LogP contribution in [0, 0.1) is 6.92 Å². The van der Waals surface area contributed by atoms with Crippen LogP contribution in [0.3, 0.4) is 0 Å². The van der Waals surface area contributed by atoms with Gasteiger partial charge in [-0.25, -0.2) is 5.43 Å². The molecule has 0 unspecified atom stereocenters. The zero-order valence-corrected chi connectivity index (χ0v) is 18.9. The highest BCUT2D eigenvalue weighted by molar-refractivity contribution is 6.39. The molecule has 0 atom stereocenters. The van der Waals surface area contributed by atoms with Gasteiger partial charge in [0.2, 0.25) is 0 Å². The summed E-state index contributed by atoms with van der Waals surface area (Å²) >= 11 is 0. The second kappa shape index (κ2) is 11.5. The molecule has 170 valence electrons. The van der Waals surface area contributed by atoms with Gasteiger partial charge in [-0.2, -0.15) is 5.10 Å². The van der Waals surface area contributed by atoms with Crippen LogP contribution >= 0.6 is 0 Å². The summed E-state index contributed by atoms with van der Waals surface area (Å²) in [5.41, 5.74) is 6.43. The van der Waals surface area contributed by atoms with Gasteiger partial charge in [0, 0.05) is 5.69 Å². The van der Waals surface area contributed by atoms with Gasteiger partial charge < -0.3 is 14.8 Å². The predicted octanol–water partition coefficient (Wildman–Crippen LogP) is 4.45. The van der Waals surface area contributed by atoms with Crippen LogP contribution in [0.5, 0.6) is 11.5 Å². The smallest absolute Gasteiger partial charge is 0.329 e. The molecule has 3 aromatic rings. The highest BCUT2D eigenvalue weighted by atomic mass is 16.5. The van der Waals surface area contributed by atoms with Gasteiger partial charge in [-0.05, 0) is 86.0 Å². The second-order valence-electron chi connectivity index (χ2n) is 7.29. The van der Waals surface area contributed by atoms with E-state index in [4.69, 9.17) is 9.47 Å². The molecule has 3 rings (SSSR count). The Kier molecular flexibility index (Phi) is 8.18. The standard InChI is InChI=1S/C26H27N3O4/c1-4-32-23-15-11-22(12-16-23)27-25(30)26(31)29-28-19(3)20-9-13-24(14-10-20)33-17-21-8-6-5-7-18(21)2/h5-16H,4,17H2,1-3H3,(H,27,30)(H,29,31)/b28-19+. The average Bonchev–Trinajstić information content (AvgIpc) is 2.83. The Morgan fingerprint density at radius 1 is 0.848 bits per heavy atom. The van der Waals surface area contributed by atoms with E-state index in [9.17, 15) is 9.59 Å². The fourth-order valence-electron chi connectivity index (χ4n) is 2.96. The number of carbonyl (C=O) groups is 2. The van der Waals surface area contributed by atoms with Crippen molar-refractivity contribution in [3.8, 4) is 11.5 Å². The molecule has 7 nitrogen and oxygen atoms in total. The molecule has 0 aliphatic rings. The van der Waals surface area contributed by atoms with Crippen LogP contribution < -0.4 is 20.2 Å². The van der Waals surface area contributed by atoms with Crippen LogP contribution in [0.1, 0.15) is 30.5 Å². The van der Waals surface area contributed by atoms with Gasteiger partial charge in [0.05, 0.1) is 12.3 Å². The van der Waals surface area contributed by atoms with E-state index in [0.717, 1.165) is 16.9 Å². The van der Waals surface area contributed by atoms with Gasteiger partial charge in [0.1, 0.15) is 18.1 Å². The molecule has 0 heterocycles. The third-order valence-electron chi connectivity index (χ3n) is 4.88. The summed E-state index contributed by atoms with van der Waals surface area (Å²) in [7, 11) is 0. The van der Waals surface area contributed by atoms with Crippen LogP contribution in [0.2, 0.25) is 0 Å². The van der Waals surface area contributed by atoms with Crippen molar-refractivity contribution in [1.29, 1.82) is 0 Å². The van der Waals surface area contributed by atoms with Gasteiger partial charge in [-0.15, -0.1) is 0 Å². The number of hydrogen-bond donors (Lipinski definition) is 2. The number of hydrazone groups is 1. The third kappa shape index (κ3) is 6.93. The van der Waals surface area contributed by atoms with E-state index in [1.165, 1.54) is 5.56 Å². The number of ether oxygens (including phenoxy) is 2. The summed E-state index contributed by atoms with van der Waals surface area (Å²) in [4.78, 5) is 24.2. The lowest BCUT2D eigenvalue weighted by Crippen LogP contribution is -2.32. The quantitative estimate of drug-likeness (QED) is 0.305. The highest BCUT2D eigenvalue weighted by Gasteiger charge is 2.13. The first-order valence-electron chi connectivity index (χ1n) is 10.6. The Balaban J connectivity index is 1.51. The maximum Gasteiger partial charge on any atom is 0.329 e. The number of aryl methyl sites for hydroxylation is 1. The molecule has 2 amide bonds. The van der Waals surface area contributed by atoms with Crippen LogP contribution in [0.15, 0.2) is 77.9 Å². The number of benzene rings is 3. The Labute approximate surface area is 193 Å². The van der Waals surface area contributed by atoms with Crippen LogP contribution in [0.4, 0.5) is 5.69 Å². The third-order valence-corrected chi connectivity index (χ3v) is 4.88. The maximum atomic E-state index is 12.1. The Morgan fingerprint density at radius 3 is 2.15 bits per heavy atom. The van der Waals surface area contributed by atoms with Gasteiger partial charge in [0.25, 0.3) is 0 Å². The number of rotatable bonds is 8. The lowest BCUT2D eigenvalue weighted by Gasteiger charge is -2.09. The van der Waals surface area contributed by atoms with Crippen molar-refractivity contribution in [3.05, 3.63) is 89.5 Å². The molecule has 0 aromatic heterocycles. The summed E-state index contributed by atoms with van der Waals surface area (Å²) in [5, 5.41) is 6.55. The summed E-state index contributed by atoms with van der Waals surface area (Å²) in [6.45, 7) is 6.72. The van der Waals surface area contributed by atoms with Crippen molar-refractivity contribution in [3.63, 3.8) is 0 Å². The van der Waals surface area contributed by atoms with Gasteiger partial charge >= 0.3 is 11.8 Å². The molecule has 0 spiro atoms. The molecule has 0 fully saturated rings. The lowest BCUT2D eigenvalue weighted by molar-refractivity contribution is -0.136. The number of amides is 2. The van der Waals surface area contributed by atoms with E-state index in [0.29, 0.717) is 30.4 Å². The van der Waals surface area contributed by atoms with E-state index in [2.05, 4.69) is 15.8 Å². The number of hydrogen-bond acceptors (Lipinski definition) is 5. The first-order valence-corrected chi connectivity index (χ1v) is 10.6. The molecular weight excluding hydrogens is 418 g/mol. The molecule has 0 aliphatic carbocycles. The molecule has 0 bridgehead atoms. The SMILES string of the molecule is CCOc1ccc(NC(=O)C(=O)N/N=C(\C)c2ccc(OCc3ccccc3C)cc2)cc1. The Bertz CT molecular complexity index is 1120. The molecule has 0 saturated carbocycles. The Morgan fingerprint density at radius 2 is 1.48 bits per heavy atom. The van der Waals surface area contributed by atoms with Crippen LogP contribution in [-0.4, -0.2) is 24.1 Å². The molecular formula is C26H27N3O4. The Hall–Kier alpha value is -4.13. The van der Waals surface area contributed by atoms with Crippen molar-refractivity contribution < 1.29 is 19.1 Å². The van der Waals surface area contributed by atoms with E-state index < -0.39 is 11.8 Å².